The Bertz CT molecular complexity index is 1010. The van der Waals surface area contributed by atoms with Crippen LogP contribution in [-0.4, -0.2) is 64.6 Å². The number of nitrogens with one attached hydrogen (secondary N) is 2. The third-order valence-corrected chi connectivity index (χ3v) is 6.80. The molecular weight excluding hydrogens is 384 g/mol. The lowest BCUT2D eigenvalue weighted by atomic mass is 9.92. The smallest absolute Gasteiger partial charge is 0.332 e. The molecule has 2 aromatic rings. The maximum absolute atomic E-state index is 13.0. The Morgan fingerprint density at radius 2 is 1.70 bits per heavy atom. The van der Waals surface area contributed by atoms with Crippen LogP contribution >= 0.6 is 0 Å². The predicted molar refractivity (Wildman–Crippen MR) is 114 cm³/mol. The van der Waals surface area contributed by atoms with Crippen LogP contribution in [0.4, 0.5) is 0 Å². The van der Waals surface area contributed by atoms with Gasteiger partial charge in [0.25, 0.3) is 5.56 Å². The molecule has 0 aromatic carbocycles. The van der Waals surface area contributed by atoms with Gasteiger partial charge in [-0.2, -0.15) is 0 Å². The predicted octanol–water partition coefficient (Wildman–Crippen LogP) is -2.59. The molecule has 2 aliphatic heterocycles. The average molecular weight is 421 g/mol. The van der Waals surface area contributed by atoms with E-state index in [0.717, 1.165) is 64.9 Å². The summed E-state index contributed by atoms with van der Waals surface area (Å²) in [6.07, 6.45) is 1.27. The maximum atomic E-state index is 13.0. The van der Waals surface area contributed by atoms with Crippen LogP contribution < -0.4 is 21.0 Å². The van der Waals surface area contributed by atoms with Gasteiger partial charge < -0.3 is 19.1 Å². The summed E-state index contributed by atoms with van der Waals surface area (Å²) in [5.74, 6) is 2.31. The molecule has 2 aromatic heterocycles. The minimum absolute atomic E-state index is 0.251. The molecule has 2 aliphatic rings. The number of hydrogen-bond acceptors (Lipinski definition) is 4. The summed E-state index contributed by atoms with van der Waals surface area (Å²) in [4.78, 5) is 33.3. The Labute approximate surface area is 176 Å². The molecule has 0 spiro atoms. The van der Waals surface area contributed by atoms with Gasteiger partial charge in [-0.25, -0.2) is 9.78 Å². The zero-order valence-electron chi connectivity index (χ0n) is 18.7. The highest BCUT2D eigenvalue weighted by Gasteiger charge is 2.28. The number of nitrogens with zero attached hydrogens (tertiary/aromatic N) is 4. The van der Waals surface area contributed by atoms with E-state index in [-0.39, 0.29) is 11.2 Å². The molecule has 2 saturated heterocycles. The summed E-state index contributed by atoms with van der Waals surface area (Å²) in [6, 6.07) is 0. The minimum Gasteiger partial charge on any atom is -0.370 e. The van der Waals surface area contributed by atoms with E-state index in [9.17, 15) is 9.59 Å². The van der Waals surface area contributed by atoms with Gasteiger partial charge in [-0.3, -0.25) is 13.9 Å². The molecule has 0 bridgehead atoms. The van der Waals surface area contributed by atoms with E-state index in [1.165, 1.54) is 25.4 Å². The molecule has 166 valence electrons. The largest absolute Gasteiger partial charge is 0.370 e. The molecule has 2 fully saturated rings. The summed E-state index contributed by atoms with van der Waals surface area (Å²) in [6.45, 7) is 12.9. The second kappa shape index (κ2) is 8.64. The van der Waals surface area contributed by atoms with Crippen LogP contribution in [0.5, 0.6) is 0 Å². The lowest BCUT2D eigenvalue weighted by Gasteiger charge is -2.31. The van der Waals surface area contributed by atoms with Crippen molar-refractivity contribution in [1.29, 1.82) is 0 Å². The Morgan fingerprint density at radius 3 is 2.37 bits per heavy atom. The van der Waals surface area contributed by atoms with Gasteiger partial charge in [-0.05, 0) is 6.42 Å². The first-order valence-corrected chi connectivity index (χ1v) is 11.2. The fourth-order valence-corrected chi connectivity index (χ4v) is 5.34. The maximum Gasteiger partial charge on any atom is 0.332 e. The van der Waals surface area contributed by atoms with Gasteiger partial charge in [0.2, 0.25) is 0 Å². The zero-order valence-corrected chi connectivity index (χ0v) is 18.7. The number of quaternary nitrogens is 2. The molecule has 0 aliphatic carbocycles. The van der Waals surface area contributed by atoms with Crippen molar-refractivity contribution in [1.82, 2.24) is 18.7 Å². The second-order valence-corrected chi connectivity index (χ2v) is 9.45. The van der Waals surface area contributed by atoms with Gasteiger partial charge in [-0.1, -0.05) is 13.8 Å². The monoisotopic (exact) mass is 420 g/mol. The number of likely N-dealkylation sites (tertiary alicyclic amines) is 1. The van der Waals surface area contributed by atoms with Crippen LogP contribution in [0.25, 0.3) is 11.2 Å². The van der Waals surface area contributed by atoms with E-state index in [4.69, 9.17) is 9.72 Å². The zero-order chi connectivity index (χ0) is 21.4. The highest BCUT2D eigenvalue weighted by molar-refractivity contribution is 5.71. The Morgan fingerprint density at radius 1 is 1.03 bits per heavy atom. The number of imidazole rings is 1. The topological polar surface area (TPSA) is 79.9 Å². The number of aryl methyl sites for hydroxylation is 1. The third-order valence-electron chi connectivity index (χ3n) is 6.80. The fraction of sp³-hybridized carbons (Fsp3) is 0.762. The molecule has 9 heteroatoms. The summed E-state index contributed by atoms with van der Waals surface area (Å²) >= 11 is 0. The van der Waals surface area contributed by atoms with Gasteiger partial charge in [-0.15, -0.1) is 0 Å². The van der Waals surface area contributed by atoms with Crippen LogP contribution in [0.15, 0.2) is 9.59 Å². The molecule has 2 N–H and O–H groups in total. The number of fused-ring (bicyclic) bond motifs is 1. The molecule has 2 atom stereocenters. The number of hydrogen-bond donors (Lipinski definition) is 2. The van der Waals surface area contributed by atoms with Crippen LogP contribution in [0, 0.1) is 11.8 Å². The summed E-state index contributed by atoms with van der Waals surface area (Å²) in [5.41, 5.74) is 0.488. The SMILES string of the molecule is C[C@@H]1C[C@@H](C)C[NH+](Cc2nc3c(c(=O)n(C)c(=O)n3C)n2CC[NH+]2CCOCC2)C1. The van der Waals surface area contributed by atoms with Gasteiger partial charge in [0.05, 0.1) is 39.4 Å². The van der Waals surface area contributed by atoms with Crippen molar-refractivity contribution in [3.05, 3.63) is 26.7 Å². The first-order valence-electron chi connectivity index (χ1n) is 11.2. The third kappa shape index (κ3) is 4.10. The van der Waals surface area contributed by atoms with Crippen molar-refractivity contribution in [3.8, 4) is 0 Å². The first kappa shape index (κ1) is 21.3. The van der Waals surface area contributed by atoms with E-state index >= 15 is 0 Å². The van der Waals surface area contributed by atoms with Crippen LogP contribution in [0.3, 0.4) is 0 Å². The van der Waals surface area contributed by atoms with E-state index in [1.807, 2.05) is 0 Å². The number of aromatic nitrogens is 4. The van der Waals surface area contributed by atoms with Gasteiger partial charge in [0, 0.05) is 25.9 Å². The lowest BCUT2D eigenvalue weighted by Crippen LogP contribution is -3.14. The van der Waals surface area contributed by atoms with Gasteiger partial charge in [0.15, 0.2) is 17.0 Å². The molecule has 4 rings (SSSR count). The number of piperidine rings is 1. The van der Waals surface area contributed by atoms with Crippen LogP contribution in [0.2, 0.25) is 0 Å². The average Bonchev–Trinajstić information content (AvgIpc) is 3.07. The standard InChI is InChI=1S/C21H34N6O3/c1-15-11-16(2)13-26(12-15)14-17-22-19-18(20(28)24(4)21(29)23(19)3)27(17)6-5-25-7-9-30-10-8-25/h15-16H,5-14H2,1-4H3/p+2/t15-,16-/m1/s1. The van der Waals surface area contributed by atoms with Crippen molar-refractivity contribution in [2.75, 3.05) is 45.9 Å². The molecule has 4 heterocycles. The van der Waals surface area contributed by atoms with Gasteiger partial charge in [0.1, 0.15) is 19.6 Å². The molecule has 0 radical (unpaired) electrons. The van der Waals surface area contributed by atoms with Crippen LogP contribution in [-0.2, 0) is 31.9 Å². The number of ether oxygens (including phenoxy) is 1. The van der Waals surface area contributed by atoms with Crippen LogP contribution in [0.1, 0.15) is 26.1 Å². The molecule has 9 nitrogen and oxygen atoms in total. The highest BCUT2D eigenvalue weighted by atomic mass is 16.5. The van der Waals surface area contributed by atoms with Gasteiger partial charge >= 0.3 is 5.69 Å². The second-order valence-electron chi connectivity index (χ2n) is 9.45. The fourth-order valence-electron chi connectivity index (χ4n) is 5.34. The van der Waals surface area contributed by atoms with Crippen molar-refractivity contribution in [2.24, 2.45) is 25.9 Å². The Balaban J connectivity index is 1.71. The first-order chi connectivity index (χ1) is 14.3. The van der Waals surface area contributed by atoms with Crippen molar-refractivity contribution in [3.63, 3.8) is 0 Å². The van der Waals surface area contributed by atoms with Crippen molar-refractivity contribution < 1.29 is 14.5 Å². The summed E-state index contributed by atoms with van der Waals surface area (Å²) in [7, 11) is 3.25. The summed E-state index contributed by atoms with van der Waals surface area (Å²) in [5, 5.41) is 0. The Hall–Kier alpha value is -1.97. The minimum atomic E-state index is -0.324. The number of morpholine rings is 1. The number of rotatable bonds is 5. The van der Waals surface area contributed by atoms with E-state index in [2.05, 4.69) is 18.4 Å². The normalized spacial score (nSPS) is 25.8. The quantitative estimate of drug-likeness (QED) is 0.557. The molecule has 0 unspecified atom stereocenters. The lowest BCUT2D eigenvalue weighted by molar-refractivity contribution is -0.926. The molecule has 0 amide bonds. The van der Waals surface area contributed by atoms with E-state index in [1.54, 1.807) is 14.1 Å². The summed E-state index contributed by atoms with van der Waals surface area (Å²) < 4.78 is 10.3. The Kier molecular flexibility index (Phi) is 6.13. The molecular formula is C21H36N6O3+2. The van der Waals surface area contributed by atoms with E-state index < -0.39 is 0 Å². The highest BCUT2D eigenvalue weighted by Crippen LogP contribution is 2.14. The van der Waals surface area contributed by atoms with Crippen molar-refractivity contribution in [2.45, 2.75) is 33.4 Å². The molecule has 0 saturated carbocycles. The van der Waals surface area contributed by atoms with E-state index in [0.29, 0.717) is 23.0 Å². The van der Waals surface area contributed by atoms with Crippen molar-refractivity contribution >= 4 is 11.2 Å². The molecule has 30 heavy (non-hydrogen) atoms.